The van der Waals surface area contributed by atoms with Crippen molar-refractivity contribution < 1.29 is 4.79 Å². The Labute approximate surface area is 150 Å². The summed E-state index contributed by atoms with van der Waals surface area (Å²) in [7, 11) is 0. The minimum Gasteiger partial charge on any atom is -0.306 e. The first-order chi connectivity index (χ1) is 12.2. The molecule has 3 heteroatoms. The molecule has 1 heterocycles. The van der Waals surface area contributed by atoms with Gasteiger partial charge in [-0.15, -0.1) is 0 Å². The summed E-state index contributed by atoms with van der Waals surface area (Å²) in [6, 6.07) is 21.2. The monoisotopic (exact) mass is 334 g/mol. The molecular formula is C22H26N2O. The highest BCUT2D eigenvalue weighted by Gasteiger charge is 2.29. The van der Waals surface area contributed by atoms with Crippen LogP contribution < -0.4 is 4.90 Å². The van der Waals surface area contributed by atoms with Gasteiger partial charge in [-0.1, -0.05) is 55.1 Å². The van der Waals surface area contributed by atoms with Gasteiger partial charge in [-0.2, -0.15) is 0 Å². The van der Waals surface area contributed by atoms with Gasteiger partial charge >= 0.3 is 0 Å². The van der Waals surface area contributed by atoms with E-state index in [1.165, 1.54) is 11.6 Å². The van der Waals surface area contributed by atoms with Crippen LogP contribution in [0.5, 0.6) is 0 Å². The summed E-state index contributed by atoms with van der Waals surface area (Å²) in [5, 5.41) is 0. The Hall–Kier alpha value is -2.39. The van der Waals surface area contributed by atoms with Gasteiger partial charge in [-0.05, 0) is 43.5 Å². The zero-order valence-electron chi connectivity index (χ0n) is 14.8. The number of para-hydroxylation sites is 1. The minimum atomic E-state index is -0.0132. The normalized spacial score (nSPS) is 17.0. The average molecular weight is 334 g/mol. The summed E-state index contributed by atoms with van der Waals surface area (Å²) in [4.78, 5) is 16.9. The Bertz CT molecular complexity index is 690. The molecule has 1 aliphatic heterocycles. The van der Waals surface area contributed by atoms with Crippen LogP contribution in [-0.4, -0.2) is 29.9 Å². The number of carbonyl (C=O) groups excluding carboxylic acids is 1. The van der Waals surface area contributed by atoms with E-state index in [1.807, 2.05) is 35.2 Å². The fraction of sp³-hybridized carbons (Fsp3) is 0.318. The van der Waals surface area contributed by atoms with Crippen molar-refractivity contribution >= 4 is 11.6 Å². The summed E-state index contributed by atoms with van der Waals surface area (Å²) < 4.78 is 0. The van der Waals surface area contributed by atoms with E-state index in [-0.39, 0.29) is 11.9 Å². The maximum atomic E-state index is 12.4. The van der Waals surface area contributed by atoms with Gasteiger partial charge in [0.05, 0.1) is 0 Å². The van der Waals surface area contributed by atoms with Gasteiger partial charge in [0.1, 0.15) is 0 Å². The third-order valence-electron chi connectivity index (χ3n) is 5.14. The van der Waals surface area contributed by atoms with Gasteiger partial charge < -0.3 is 4.90 Å². The molecule has 1 unspecified atom stereocenters. The molecule has 25 heavy (non-hydrogen) atoms. The fourth-order valence-electron chi connectivity index (χ4n) is 3.68. The predicted molar refractivity (Wildman–Crippen MR) is 104 cm³/mol. The quantitative estimate of drug-likeness (QED) is 0.755. The molecular weight excluding hydrogens is 308 g/mol. The van der Waals surface area contributed by atoms with Crippen LogP contribution in [0.25, 0.3) is 0 Å². The molecule has 1 aliphatic rings. The first kappa shape index (κ1) is 17.4. The van der Waals surface area contributed by atoms with Crippen molar-refractivity contribution in [2.75, 3.05) is 18.0 Å². The number of rotatable bonds is 5. The van der Waals surface area contributed by atoms with Gasteiger partial charge in [0.15, 0.2) is 0 Å². The van der Waals surface area contributed by atoms with Gasteiger partial charge in [0.25, 0.3) is 5.91 Å². The topological polar surface area (TPSA) is 23.6 Å². The smallest absolute Gasteiger partial charge is 0.250 e. The Kier molecular flexibility index (Phi) is 5.67. The van der Waals surface area contributed by atoms with E-state index in [0.717, 1.165) is 31.6 Å². The zero-order chi connectivity index (χ0) is 17.6. The van der Waals surface area contributed by atoms with Crippen LogP contribution in [0.4, 0.5) is 5.69 Å². The van der Waals surface area contributed by atoms with Crippen LogP contribution in [0.15, 0.2) is 73.3 Å². The molecule has 1 fully saturated rings. The van der Waals surface area contributed by atoms with Crippen molar-refractivity contribution in [3.8, 4) is 0 Å². The van der Waals surface area contributed by atoms with Crippen LogP contribution in [0.1, 0.15) is 31.4 Å². The summed E-state index contributed by atoms with van der Waals surface area (Å²) in [6.45, 7) is 7.94. The maximum Gasteiger partial charge on any atom is 0.250 e. The third kappa shape index (κ3) is 3.99. The van der Waals surface area contributed by atoms with Crippen molar-refractivity contribution in [2.24, 2.45) is 0 Å². The number of hydrogen-bond donors (Lipinski definition) is 0. The number of likely N-dealkylation sites (tertiary alicyclic amines) is 1. The van der Waals surface area contributed by atoms with Crippen LogP contribution in [-0.2, 0) is 4.79 Å². The fourth-order valence-corrected chi connectivity index (χ4v) is 3.68. The van der Waals surface area contributed by atoms with E-state index in [0.29, 0.717) is 6.04 Å². The first-order valence-corrected chi connectivity index (χ1v) is 9.00. The highest BCUT2D eigenvalue weighted by atomic mass is 16.2. The van der Waals surface area contributed by atoms with Gasteiger partial charge in [0, 0.05) is 30.9 Å². The number of anilines is 1. The summed E-state index contributed by atoms with van der Waals surface area (Å²) in [6.07, 6.45) is 3.38. The minimum absolute atomic E-state index is 0.0132. The predicted octanol–water partition coefficient (Wildman–Crippen LogP) is 4.43. The number of hydrogen-bond acceptors (Lipinski definition) is 2. The lowest BCUT2D eigenvalue weighted by Gasteiger charge is -2.40. The maximum absolute atomic E-state index is 12.4. The molecule has 0 saturated carbocycles. The number of amides is 1. The van der Waals surface area contributed by atoms with Crippen molar-refractivity contribution in [2.45, 2.75) is 31.8 Å². The largest absolute Gasteiger partial charge is 0.306 e. The van der Waals surface area contributed by atoms with Crippen LogP contribution in [0.3, 0.4) is 0 Å². The molecule has 2 aromatic carbocycles. The van der Waals surface area contributed by atoms with E-state index >= 15 is 0 Å². The van der Waals surface area contributed by atoms with E-state index in [2.05, 4.69) is 48.7 Å². The Balaban J connectivity index is 1.69. The molecule has 0 spiro atoms. The summed E-state index contributed by atoms with van der Waals surface area (Å²) in [5.74, 6) is -0.0132. The second-order valence-electron chi connectivity index (χ2n) is 6.60. The number of benzene rings is 2. The second kappa shape index (κ2) is 8.13. The van der Waals surface area contributed by atoms with Crippen molar-refractivity contribution in [3.63, 3.8) is 0 Å². The molecule has 1 atom stereocenters. The molecule has 3 nitrogen and oxygen atoms in total. The van der Waals surface area contributed by atoms with Crippen molar-refractivity contribution in [1.29, 1.82) is 0 Å². The van der Waals surface area contributed by atoms with Crippen molar-refractivity contribution in [1.82, 2.24) is 4.90 Å². The highest BCUT2D eigenvalue weighted by molar-refractivity contribution is 6.01. The molecule has 0 radical (unpaired) electrons. The lowest BCUT2D eigenvalue weighted by atomic mass is 9.98. The Morgan fingerprint density at radius 2 is 1.64 bits per heavy atom. The van der Waals surface area contributed by atoms with Crippen molar-refractivity contribution in [3.05, 3.63) is 78.9 Å². The molecule has 0 bridgehead atoms. The summed E-state index contributed by atoms with van der Waals surface area (Å²) >= 11 is 0. The third-order valence-corrected chi connectivity index (χ3v) is 5.14. The SMILES string of the molecule is C=CC(=O)N(c1ccccc1)C1CCN(C(C)c2ccccc2)CC1. The first-order valence-electron chi connectivity index (χ1n) is 9.00. The Morgan fingerprint density at radius 3 is 2.20 bits per heavy atom. The van der Waals surface area contributed by atoms with Crippen LogP contribution in [0.2, 0.25) is 0 Å². The van der Waals surface area contributed by atoms with Crippen LogP contribution in [0, 0.1) is 0 Å². The van der Waals surface area contributed by atoms with Crippen LogP contribution >= 0.6 is 0 Å². The molecule has 1 amide bonds. The molecule has 130 valence electrons. The van der Waals surface area contributed by atoms with Gasteiger partial charge in [-0.25, -0.2) is 0 Å². The van der Waals surface area contributed by atoms with Gasteiger partial charge in [0.2, 0.25) is 0 Å². The van der Waals surface area contributed by atoms with E-state index in [1.54, 1.807) is 0 Å². The molecule has 3 rings (SSSR count). The lowest BCUT2D eigenvalue weighted by Crippen LogP contribution is -2.47. The molecule has 1 saturated heterocycles. The van der Waals surface area contributed by atoms with E-state index in [4.69, 9.17) is 0 Å². The molecule has 2 aromatic rings. The van der Waals surface area contributed by atoms with E-state index in [9.17, 15) is 4.79 Å². The number of nitrogens with zero attached hydrogens (tertiary/aromatic N) is 2. The molecule has 0 N–H and O–H groups in total. The highest BCUT2D eigenvalue weighted by Crippen LogP contribution is 2.28. The summed E-state index contributed by atoms with van der Waals surface area (Å²) in [5.41, 5.74) is 2.31. The number of piperidine rings is 1. The second-order valence-corrected chi connectivity index (χ2v) is 6.60. The van der Waals surface area contributed by atoms with E-state index < -0.39 is 0 Å². The average Bonchev–Trinajstić information content (AvgIpc) is 2.69. The van der Waals surface area contributed by atoms with Gasteiger partial charge in [-0.3, -0.25) is 9.69 Å². The molecule has 0 aliphatic carbocycles. The standard InChI is InChI=1S/C22H26N2O/c1-3-22(25)24(20-12-8-5-9-13-20)21-14-16-23(17-15-21)18(2)19-10-6-4-7-11-19/h3-13,18,21H,1,14-17H2,2H3. The Morgan fingerprint density at radius 1 is 1.08 bits per heavy atom. The zero-order valence-corrected chi connectivity index (χ0v) is 14.8. The number of carbonyl (C=O) groups is 1. The lowest BCUT2D eigenvalue weighted by molar-refractivity contribution is -0.114. The molecule has 0 aromatic heterocycles.